The molecule has 0 amide bonds. The number of epoxide rings is 1. The van der Waals surface area contributed by atoms with E-state index in [9.17, 15) is 4.79 Å². The van der Waals surface area contributed by atoms with Gasteiger partial charge in [-0.3, -0.25) is 4.79 Å². The first-order valence-electron chi connectivity index (χ1n) is 15.1. The van der Waals surface area contributed by atoms with Gasteiger partial charge in [0.1, 0.15) is 6.10 Å². The molecular weight excluding hydrogens is 432 g/mol. The van der Waals surface area contributed by atoms with Crippen LogP contribution in [0.4, 0.5) is 0 Å². The first kappa shape index (κ1) is 24.7. The number of esters is 1. The van der Waals surface area contributed by atoms with Gasteiger partial charge in [0.2, 0.25) is 0 Å². The second-order valence-corrected chi connectivity index (χ2v) is 15.9. The molecule has 6 aliphatic rings. The van der Waals surface area contributed by atoms with E-state index in [1.165, 1.54) is 64.2 Å². The van der Waals surface area contributed by atoms with Gasteiger partial charge in [0.15, 0.2) is 0 Å². The molecule has 6 rings (SSSR count). The Morgan fingerprint density at radius 3 is 2.20 bits per heavy atom. The van der Waals surface area contributed by atoms with Crippen LogP contribution in [-0.2, 0) is 14.3 Å². The number of carbonyl (C=O) groups excluding carboxylic acids is 1. The highest BCUT2D eigenvalue weighted by Gasteiger charge is 2.82. The average Bonchev–Trinajstić information content (AvgIpc) is 3.58. The van der Waals surface area contributed by atoms with Crippen molar-refractivity contribution in [1.29, 1.82) is 0 Å². The summed E-state index contributed by atoms with van der Waals surface area (Å²) in [7, 11) is 0. The van der Waals surface area contributed by atoms with E-state index in [0.29, 0.717) is 27.8 Å². The van der Waals surface area contributed by atoms with Crippen LogP contribution in [0.25, 0.3) is 0 Å². The lowest BCUT2D eigenvalue weighted by atomic mass is 9.41. The zero-order valence-electron chi connectivity index (χ0n) is 24.0. The number of hydrogen-bond donors (Lipinski definition) is 0. The summed E-state index contributed by atoms with van der Waals surface area (Å²) in [6.45, 7) is 19.0. The Kier molecular flexibility index (Phi) is 5.16. The van der Waals surface area contributed by atoms with Crippen molar-refractivity contribution in [2.75, 3.05) is 0 Å². The summed E-state index contributed by atoms with van der Waals surface area (Å²) >= 11 is 0. The molecule has 0 aromatic carbocycles. The van der Waals surface area contributed by atoms with Crippen molar-refractivity contribution >= 4 is 5.97 Å². The highest BCUT2D eigenvalue weighted by molar-refractivity contribution is 5.66. The van der Waals surface area contributed by atoms with Crippen LogP contribution < -0.4 is 0 Å². The lowest BCUT2D eigenvalue weighted by molar-refractivity contribution is -0.181. The maximum atomic E-state index is 11.9. The lowest BCUT2D eigenvalue weighted by Crippen LogP contribution is -2.58. The summed E-state index contributed by atoms with van der Waals surface area (Å²) in [6, 6.07) is 0. The van der Waals surface area contributed by atoms with Gasteiger partial charge in [-0.2, -0.15) is 0 Å². The monoisotopic (exact) mass is 484 g/mol. The van der Waals surface area contributed by atoms with Gasteiger partial charge in [-0.25, -0.2) is 0 Å². The van der Waals surface area contributed by atoms with Gasteiger partial charge in [-0.05, 0) is 130 Å². The van der Waals surface area contributed by atoms with E-state index in [-0.39, 0.29) is 23.1 Å². The van der Waals surface area contributed by atoms with E-state index in [2.05, 4.69) is 48.5 Å². The molecule has 5 unspecified atom stereocenters. The Morgan fingerprint density at radius 1 is 0.886 bits per heavy atom. The molecule has 1 heterocycles. The third-order valence-corrected chi connectivity index (χ3v) is 14.2. The maximum absolute atomic E-state index is 11.9. The number of ether oxygens (including phenoxy) is 2. The fraction of sp³-hybridized carbons (Fsp3) is 0.969. The molecule has 0 radical (unpaired) electrons. The van der Waals surface area contributed by atoms with Gasteiger partial charge >= 0.3 is 5.97 Å². The zero-order chi connectivity index (χ0) is 25.2. The van der Waals surface area contributed by atoms with Gasteiger partial charge in [0.05, 0.1) is 11.7 Å². The van der Waals surface area contributed by atoms with Gasteiger partial charge < -0.3 is 9.47 Å². The molecule has 5 saturated carbocycles. The molecule has 2 spiro atoms. The van der Waals surface area contributed by atoms with Gasteiger partial charge in [0.25, 0.3) is 0 Å². The molecule has 10 atom stereocenters. The number of carbonyl (C=O) groups is 1. The molecule has 6 fully saturated rings. The maximum Gasteiger partial charge on any atom is 0.302 e. The van der Waals surface area contributed by atoms with Crippen molar-refractivity contribution < 1.29 is 14.3 Å². The Hall–Kier alpha value is -0.570. The van der Waals surface area contributed by atoms with Gasteiger partial charge in [-0.1, -0.05) is 34.6 Å². The van der Waals surface area contributed by atoms with Crippen LogP contribution in [0, 0.1) is 50.7 Å². The first-order chi connectivity index (χ1) is 16.2. The smallest absolute Gasteiger partial charge is 0.302 e. The van der Waals surface area contributed by atoms with Crippen LogP contribution in [0.5, 0.6) is 0 Å². The average molecular weight is 485 g/mol. The fourth-order valence-electron chi connectivity index (χ4n) is 12.1. The van der Waals surface area contributed by atoms with Crippen LogP contribution in [0.15, 0.2) is 0 Å². The van der Waals surface area contributed by atoms with Gasteiger partial charge in [-0.15, -0.1) is 0 Å². The molecule has 3 nitrogen and oxygen atoms in total. The van der Waals surface area contributed by atoms with Crippen molar-refractivity contribution in [3.8, 4) is 0 Å². The van der Waals surface area contributed by atoms with Crippen LogP contribution in [0.3, 0.4) is 0 Å². The SMILES string of the molecule is CC(=O)OC1CC[C@]23C[C@]24CCC2(C)C([C@H](C)CCC5OC5(C)C)CC[C@@]2(C)C4CC[C@H]3C1(C)C. The zero-order valence-corrected chi connectivity index (χ0v) is 24.0. The molecule has 1 saturated heterocycles. The van der Waals surface area contributed by atoms with Crippen LogP contribution in [-0.4, -0.2) is 23.8 Å². The van der Waals surface area contributed by atoms with E-state index in [1.807, 2.05) is 0 Å². The van der Waals surface area contributed by atoms with Crippen LogP contribution >= 0.6 is 0 Å². The fourth-order valence-corrected chi connectivity index (χ4v) is 12.1. The van der Waals surface area contributed by atoms with E-state index in [0.717, 1.165) is 30.1 Å². The van der Waals surface area contributed by atoms with Crippen molar-refractivity contribution in [1.82, 2.24) is 0 Å². The lowest BCUT2D eigenvalue weighted by Gasteiger charge is -2.63. The number of fused-ring (bicyclic) bond motifs is 2. The summed E-state index contributed by atoms with van der Waals surface area (Å²) in [6.07, 6.45) is 15.5. The molecule has 35 heavy (non-hydrogen) atoms. The summed E-state index contributed by atoms with van der Waals surface area (Å²) < 4.78 is 11.8. The number of hydrogen-bond acceptors (Lipinski definition) is 3. The third kappa shape index (κ3) is 3.09. The second kappa shape index (κ2) is 7.29. The minimum Gasteiger partial charge on any atom is -0.462 e. The minimum atomic E-state index is -0.0953. The molecule has 3 heteroatoms. The van der Waals surface area contributed by atoms with E-state index in [4.69, 9.17) is 9.47 Å². The highest BCUT2D eigenvalue weighted by atomic mass is 16.6. The predicted octanol–water partition coefficient (Wildman–Crippen LogP) is 7.95. The molecule has 0 aromatic rings. The molecule has 198 valence electrons. The molecule has 0 bridgehead atoms. The van der Waals surface area contributed by atoms with Gasteiger partial charge in [0, 0.05) is 12.3 Å². The Balaban J connectivity index is 1.22. The Labute approximate surface area is 214 Å². The molecule has 0 N–H and O–H groups in total. The minimum absolute atomic E-state index is 0.0953. The van der Waals surface area contributed by atoms with Crippen molar-refractivity contribution in [2.45, 2.75) is 144 Å². The van der Waals surface area contributed by atoms with E-state index >= 15 is 0 Å². The molecule has 1 aliphatic heterocycles. The quantitative estimate of drug-likeness (QED) is 0.293. The summed E-state index contributed by atoms with van der Waals surface area (Å²) in [5.41, 5.74) is 2.32. The van der Waals surface area contributed by atoms with Crippen LogP contribution in [0.1, 0.15) is 126 Å². The first-order valence-corrected chi connectivity index (χ1v) is 15.1. The standard InChI is InChI=1S/C32H52O3/c1-20(9-12-26-28(5,6)35-26)22-13-15-30(8)24-11-10-23-27(3,4)25(34-21(2)33)14-16-31(23)19-32(24,31)18-17-29(22,30)7/h20,22-26H,9-19H2,1-8H3/t20-,22?,23+,24?,25?,26?,29?,30+,31-,32+/m1/s1. The normalized spacial score (nSPS) is 53.4. The Morgan fingerprint density at radius 2 is 1.54 bits per heavy atom. The largest absolute Gasteiger partial charge is 0.462 e. The summed E-state index contributed by atoms with van der Waals surface area (Å²) in [5, 5.41) is 0. The van der Waals surface area contributed by atoms with Crippen molar-refractivity contribution in [3.63, 3.8) is 0 Å². The Bertz CT molecular complexity index is 906. The topological polar surface area (TPSA) is 38.8 Å². The predicted molar refractivity (Wildman–Crippen MR) is 140 cm³/mol. The molecular formula is C32H52O3. The van der Waals surface area contributed by atoms with Crippen molar-refractivity contribution in [3.05, 3.63) is 0 Å². The number of rotatable bonds is 5. The summed E-state index contributed by atoms with van der Waals surface area (Å²) in [5.74, 6) is 3.19. The van der Waals surface area contributed by atoms with Crippen LogP contribution in [0.2, 0.25) is 0 Å². The van der Waals surface area contributed by atoms with Crippen molar-refractivity contribution in [2.24, 2.45) is 50.7 Å². The van der Waals surface area contributed by atoms with E-state index in [1.54, 1.807) is 6.92 Å². The third-order valence-electron chi connectivity index (χ3n) is 14.2. The van der Waals surface area contributed by atoms with E-state index < -0.39 is 0 Å². The summed E-state index contributed by atoms with van der Waals surface area (Å²) in [4.78, 5) is 11.9. The molecule has 0 aromatic heterocycles. The second-order valence-electron chi connectivity index (χ2n) is 15.9. The highest BCUT2D eigenvalue weighted by Crippen LogP contribution is 2.89. The molecule has 5 aliphatic carbocycles.